The Bertz CT molecular complexity index is 763. The van der Waals surface area contributed by atoms with Crippen molar-refractivity contribution in [2.24, 2.45) is 5.73 Å². The van der Waals surface area contributed by atoms with E-state index >= 15 is 0 Å². The number of benzene rings is 1. The summed E-state index contributed by atoms with van der Waals surface area (Å²) >= 11 is 1.35. The van der Waals surface area contributed by atoms with Gasteiger partial charge in [0.2, 0.25) is 5.78 Å². The second kappa shape index (κ2) is 6.43. The van der Waals surface area contributed by atoms with Crippen molar-refractivity contribution in [3.63, 3.8) is 0 Å². The number of thiazole rings is 1. The monoisotopic (exact) mass is 319 g/mol. The van der Waals surface area contributed by atoms with Gasteiger partial charge < -0.3 is 10.7 Å². The molecule has 21 heavy (non-hydrogen) atoms. The molecule has 0 aliphatic rings. The van der Waals surface area contributed by atoms with Crippen molar-refractivity contribution in [1.82, 2.24) is 9.97 Å². The molecule has 0 unspecified atom stereocenters. The van der Waals surface area contributed by atoms with Gasteiger partial charge in [-0.15, -0.1) is 11.3 Å². The average molecular weight is 319 g/mol. The summed E-state index contributed by atoms with van der Waals surface area (Å²) in [5.74, 6) is -0.0537. The second-order valence-corrected chi connectivity index (χ2v) is 5.53. The fourth-order valence-corrected chi connectivity index (χ4v) is 2.98. The molecule has 3 aromatic rings. The SMILES string of the molecule is CC[C@H](N)c1csc(C(=O)c2c[nH]c3ccccc23)n1.S. The van der Waals surface area contributed by atoms with E-state index in [2.05, 4.69) is 9.97 Å². The van der Waals surface area contributed by atoms with Crippen molar-refractivity contribution in [1.29, 1.82) is 0 Å². The lowest BCUT2D eigenvalue weighted by atomic mass is 10.1. The fourth-order valence-electron chi connectivity index (χ4n) is 2.14. The zero-order valence-electron chi connectivity index (χ0n) is 11.6. The Morgan fingerprint density at radius 1 is 1.43 bits per heavy atom. The van der Waals surface area contributed by atoms with Crippen LogP contribution in [0.15, 0.2) is 35.8 Å². The maximum atomic E-state index is 12.5. The van der Waals surface area contributed by atoms with Crippen LogP contribution in [0, 0.1) is 0 Å². The van der Waals surface area contributed by atoms with E-state index < -0.39 is 0 Å². The molecule has 1 aromatic carbocycles. The van der Waals surface area contributed by atoms with Gasteiger partial charge in [0.1, 0.15) is 0 Å². The number of para-hydroxylation sites is 1. The molecule has 3 N–H and O–H groups in total. The molecule has 110 valence electrons. The number of nitrogens with two attached hydrogens (primary N) is 1. The first kappa shape index (κ1) is 15.8. The minimum absolute atomic E-state index is 0. The number of aromatic amines is 1. The number of carbonyl (C=O) groups excluding carboxylic acids is 1. The van der Waals surface area contributed by atoms with Crippen LogP contribution in [0.5, 0.6) is 0 Å². The zero-order chi connectivity index (χ0) is 14.1. The molecular weight excluding hydrogens is 302 g/mol. The van der Waals surface area contributed by atoms with Crippen LogP contribution in [0.3, 0.4) is 0 Å². The summed E-state index contributed by atoms with van der Waals surface area (Å²) in [4.78, 5) is 20.0. The number of hydrogen-bond acceptors (Lipinski definition) is 4. The van der Waals surface area contributed by atoms with Gasteiger partial charge in [-0.25, -0.2) is 4.98 Å². The summed E-state index contributed by atoms with van der Waals surface area (Å²) in [6.45, 7) is 2.01. The average Bonchev–Trinajstić information content (AvgIpc) is 3.12. The highest BCUT2D eigenvalue weighted by molar-refractivity contribution is 7.59. The standard InChI is InChI=1S/C15H15N3OS.H2S/c1-2-11(16)13-8-20-15(18-13)14(19)10-7-17-12-6-4-3-5-9(10)12;/h3-8,11,17H,2,16H2,1H3;1H2/t11-;/m0./s1. The zero-order valence-corrected chi connectivity index (χ0v) is 13.4. The van der Waals surface area contributed by atoms with Crippen molar-refractivity contribution in [3.8, 4) is 0 Å². The van der Waals surface area contributed by atoms with Crippen LogP contribution in [0.4, 0.5) is 0 Å². The minimum atomic E-state index is -0.101. The van der Waals surface area contributed by atoms with Gasteiger partial charge in [0.25, 0.3) is 0 Å². The van der Waals surface area contributed by atoms with E-state index in [-0.39, 0.29) is 25.3 Å². The second-order valence-electron chi connectivity index (χ2n) is 4.67. The molecule has 0 aliphatic carbocycles. The Kier molecular flexibility index (Phi) is 4.82. The van der Waals surface area contributed by atoms with Crippen molar-refractivity contribution >= 4 is 41.5 Å². The van der Waals surface area contributed by atoms with Gasteiger partial charge in [-0.2, -0.15) is 13.5 Å². The number of hydrogen-bond donors (Lipinski definition) is 2. The third-order valence-corrected chi connectivity index (χ3v) is 4.23. The molecule has 4 nitrogen and oxygen atoms in total. The Morgan fingerprint density at radius 3 is 2.95 bits per heavy atom. The van der Waals surface area contributed by atoms with Crippen LogP contribution in [-0.4, -0.2) is 15.8 Å². The minimum Gasteiger partial charge on any atom is -0.360 e. The first-order valence-corrected chi connectivity index (χ1v) is 7.40. The molecule has 0 spiro atoms. The number of H-pyrrole nitrogens is 1. The molecule has 2 aromatic heterocycles. The largest absolute Gasteiger partial charge is 0.360 e. The summed E-state index contributed by atoms with van der Waals surface area (Å²) < 4.78 is 0. The molecule has 3 rings (SSSR count). The maximum Gasteiger partial charge on any atom is 0.223 e. The number of aromatic nitrogens is 2. The smallest absolute Gasteiger partial charge is 0.223 e. The van der Waals surface area contributed by atoms with E-state index in [1.54, 1.807) is 6.20 Å². The first-order chi connectivity index (χ1) is 9.70. The van der Waals surface area contributed by atoms with Crippen LogP contribution in [0.1, 0.15) is 40.4 Å². The van der Waals surface area contributed by atoms with Crippen molar-refractivity contribution in [3.05, 3.63) is 52.1 Å². The first-order valence-electron chi connectivity index (χ1n) is 6.52. The van der Waals surface area contributed by atoms with Crippen LogP contribution >= 0.6 is 24.8 Å². The van der Waals surface area contributed by atoms with Crippen LogP contribution in [0.25, 0.3) is 10.9 Å². The van der Waals surface area contributed by atoms with Crippen molar-refractivity contribution in [2.45, 2.75) is 19.4 Å². The third-order valence-electron chi connectivity index (χ3n) is 3.37. The highest BCUT2D eigenvalue weighted by Crippen LogP contribution is 2.24. The maximum absolute atomic E-state index is 12.5. The van der Waals surface area contributed by atoms with Gasteiger partial charge in [0.15, 0.2) is 5.01 Å². The molecule has 0 saturated heterocycles. The Hall–Kier alpha value is -1.63. The number of carbonyl (C=O) groups is 1. The predicted molar refractivity (Wildman–Crippen MR) is 91.4 cm³/mol. The highest BCUT2D eigenvalue weighted by atomic mass is 32.1. The van der Waals surface area contributed by atoms with E-state index in [9.17, 15) is 4.79 Å². The predicted octanol–water partition coefficient (Wildman–Crippen LogP) is 3.38. The molecule has 0 saturated carbocycles. The molecule has 2 heterocycles. The molecule has 0 bridgehead atoms. The summed E-state index contributed by atoms with van der Waals surface area (Å²) in [7, 11) is 0. The third kappa shape index (κ3) is 2.88. The molecular formula is C15H17N3OS2. The van der Waals surface area contributed by atoms with Crippen LogP contribution < -0.4 is 5.73 Å². The summed E-state index contributed by atoms with van der Waals surface area (Å²) in [5, 5.41) is 3.29. The van der Waals surface area contributed by atoms with E-state index in [0.717, 1.165) is 23.0 Å². The van der Waals surface area contributed by atoms with Gasteiger partial charge in [-0.1, -0.05) is 25.1 Å². The van der Waals surface area contributed by atoms with Crippen molar-refractivity contribution in [2.75, 3.05) is 0 Å². The Labute approximate surface area is 133 Å². The quantitative estimate of drug-likeness (QED) is 0.724. The van der Waals surface area contributed by atoms with Gasteiger partial charge in [0, 0.05) is 28.5 Å². The van der Waals surface area contributed by atoms with E-state index in [4.69, 9.17) is 5.73 Å². The topological polar surface area (TPSA) is 71.8 Å². The molecule has 0 radical (unpaired) electrons. The van der Waals surface area contributed by atoms with Gasteiger partial charge >= 0.3 is 0 Å². The lowest BCUT2D eigenvalue weighted by Gasteiger charge is -2.02. The van der Waals surface area contributed by atoms with Crippen LogP contribution in [-0.2, 0) is 0 Å². The van der Waals surface area contributed by atoms with Crippen LogP contribution in [0.2, 0.25) is 0 Å². The summed E-state index contributed by atoms with van der Waals surface area (Å²) in [5.41, 5.74) is 8.35. The number of fused-ring (bicyclic) bond motifs is 1. The number of rotatable bonds is 4. The van der Waals surface area contributed by atoms with Gasteiger partial charge in [0.05, 0.1) is 11.3 Å². The number of nitrogens with one attached hydrogen (secondary N) is 1. The van der Waals surface area contributed by atoms with E-state index in [1.807, 2.05) is 36.6 Å². The number of ketones is 1. The molecule has 0 amide bonds. The molecule has 0 fully saturated rings. The van der Waals surface area contributed by atoms with E-state index in [1.165, 1.54) is 11.3 Å². The van der Waals surface area contributed by atoms with Gasteiger partial charge in [-0.05, 0) is 12.5 Å². The number of nitrogens with zero attached hydrogens (tertiary/aromatic N) is 1. The Morgan fingerprint density at radius 2 is 2.19 bits per heavy atom. The normalized spacial score (nSPS) is 12.1. The van der Waals surface area contributed by atoms with Crippen molar-refractivity contribution < 1.29 is 4.79 Å². The molecule has 1 atom stereocenters. The Balaban J connectivity index is 0.00000161. The van der Waals surface area contributed by atoms with Gasteiger partial charge in [-0.3, -0.25) is 4.79 Å². The van der Waals surface area contributed by atoms with E-state index in [0.29, 0.717) is 10.6 Å². The lowest BCUT2D eigenvalue weighted by molar-refractivity contribution is 0.103. The fraction of sp³-hybridized carbons (Fsp3) is 0.200. The summed E-state index contributed by atoms with van der Waals surface area (Å²) in [6.07, 6.45) is 2.55. The summed E-state index contributed by atoms with van der Waals surface area (Å²) in [6, 6.07) is 7.65. The molecule has 0 aliphatic heterocycles. The highest BCUT2D eigenvalue weighted by Gasteiger charge is 2.18. The lowest BCUT2D eigenvalue weighted by Crippen LogP contribution is -2.09. The molecule has 6 heteroatoms.